The van der Waals surface area contributed by atoms with Crippen molar-refractivity contribution in [2.24, 2.45) is 7.05 Å². The minimum Gasteiger partial charge on any atom is -0.275 e. The molecular formula is C11H8FN3. The number of nitrogens with zero attached hydrogens (tertiary/aromatic N) is 3. The van der Waals surface area contributed by atoms with Gasteiger partial charge in [0.1, 0.15) is 11.9 Å². The standard InChI is InChI=1S/C11H8FN3/c1-15-7-8(6-14-15)9-3-2-4-11(12)10(9)5-13/h2-4,6-7H,1H3. The molecule has 0 amide bonds. The maximum Gasteiger partial charge on any atom is 0.141 e. The Bertz CT molecular complexity index is 537. The molecule has 0 spiro atoms. The summed E-state index contributed by atoms with van der Waals surface area (Å²) in [6, 6.07) is 6.42. The van der Waals surface area contributed by atoms with Crippen LogP contribution >= 0.6 is 0 Å². The molecule has 0 N–H and O–H groups in total. The second-order valence-electron chi connectivity index (χ2n) is 3.18. The Morgan fingerprint density at radius 3 is 2.87 bits per heavy atom. The smallest absolute Gasteiger partial charge is 0.141 e. The molecule has 1 aromatic heterocycles. The molecule has 0 fully saturated rings. The molecule has 2 aromatic rings. The number of rotatable bonds is 1. The van der Waals surface area contributed by atoms with Crippen LogP contribution < -0.4 is 0 Å². The summed E-state index contributed by atoms with van der Waals surface area (Å²) in [7, 11) is 1.77. The molecule has 4 heteroatoms. The molecule has 0 saturated heterocycles. The van der Waals surface area contributed by atoms with Crippen LogP contribution in [0.1, 0.15) is 5.56 Å². The molecule has 0 aliphatic carbocycles. The minimum atomic E-state index is -0.501. The molecule has 0 atom stereocenters. The summed E-state index contributed by atoms with van der Waals surface area (Å²) >= 11 is 0. The molecule has 0 radical (unpaired) electrons. The fourth-order valence-electron chi connectivity index (χ4n) is 1.44. The summed E-state index contributed by atoms with van der Waals surface area (Å²) in [5, 5.41) is 12.8. The lowest BCUT2D eigenvalue weighted by Gasteiger charge is -2.00. The molecule has 1 aromatic carbocycles. The predicted molar refractivity (Wildman–Crippen MR) is 53.3 cm³/mol. The molecule has 3 nitrogen and oxygen atoms in total. The Kier molecular flexibility index (Phi) is 2.22. The minimum absolute atomic E-state index is 0.0606. The monoisotopic (exact) mass is 201 g/mol. The molecule has 74 valence electrons. The third kappa shape index (κ3) is 1.59. The lowest BCUT2D eigenvalue weighted by molar-refractivity contribution is 0.624. The first kappa shape index (κ1) is 9.41. The first-order valence-electron chi connectivity index (χ1n) is 4.40. The van der Waals surface area contributed by atoms with E-state index in [0.717, 1.165) is 5.56 Å². The SMILES string of the molecule is Cn1cc(-c2cccc(F)c2C#N)cn1. The maximum absolute atomic E-state index is 13.3. The number of halogens is 1. The summed E-state index contributed by atoms with van der Waals surface area (Å²) in [5.74, 6) is -0.501. The van der Waals surface area contributed by atoms with Crippen LogP contribution in [-0.4, -0.2) is 9.78 Å². The molecule has 0 saturated carbocycles. The van der Waals surface area contributed by atoms with Crippen LogP contribution in [0, 0.1) is 17.1 Å². The van der Waals surface area contributed by atoms with E-state index in [1.54, 1.807) is 36.3 Å². The van der Waals surface area contributed by atoms with E-state index in [0.29, 0.717) is 5.56 Å². The van der Waals surface area contributed by atoms with Gasteiger partial charge in [-0.25, -0.2) is 4.39 Å². The van der Waals surface area contributed by atoms with E-state index < -0.39 is 5.82 Å². The van der Waals surface area contributed by atoms with Gasteiger partial charge in [0.15, 0.2) is 0 Å². The van der Waals surface area contributed by atoms with E-state index >= 15 is 0 Å². The summed E-state index contributed by atoms with van der Waals surface area (Å²) < 4.78 is 14.9. The Hall–Kier alpha value is -2.15. The molecule has 0 aliphatic heterocycles. The second-order valence-corrected chi connectivity index (χ2v) is 3.18. The zero-order valence-electron chi connectivity index (χ0n) is 8.11. The van der Waals surface area contributed by atoms with E-state index in [9.17, 15) is 4.39 Å². The van der Waals surface area contributed by atoms with Crippen LogP contribution in [0.3, 0.4) is 0 Å². The van der Waals surface area contributed by atoms with Crippen molar-refractivity contribution in [1.29, 1.82) is 5.26 Å². The Balaban J connectivity index is 2.63. The Morgan fingerprint density at radius 1 is 1.47 bits per heavy atom. The maximum atomic E-state index is 13.3. The van der Waals surface area contributed by atoms with Crippen LogP contribution in [-0.2, 0) is 7.05 Å². The average Bonchev–Trinajstić information content (AvgIpc) is 2.64. The fourth-order valence-corrected chi connectivity index (χ4v) is 1.44. The van der Waals surface area contributed by atoms with Gasteiger partial charge in [-0.2, -0.15) is 10.4 Å². The van der Waals surface area contributed by atoms with Gasteiger partial charge in [-0.1, -0.05) is 12.1 Å². The third-order valence-electron chi connectivity index (χ3n) is 2.14. The van der Waals surface area contributed by atoms with Crippen molar-refractivity contribution < 1.29 is 4.39 Å². The van der Waals surface area contributed by atoms with Gasteiger partial charge in [0, 0.05) is 24.4 Å². The van der Waals surface area contributed by atoms with Crippen LogP contribution in [0.2, 0.25) is 0 Å². The molecular weight excluding hydrogens is 193 g/mol. The number of hydrogen-bond acceptors (Lipinski definition) is 2. The molecule has 1 heterocycles. The van der Waals surface area contributed by atoms with Gasteiger partial charge in [0.2, 0.25) is 0 Å². The van der Waals surface area contributed by atoms with E-state index in [4.69, 9.17) is 5.26 Å². The van der Waals surface area contributed by atoms with Gasteiger partial charge in [-0.15, -0.1) is 0 Å². The number of benzene rings is 1. The quantitative estimate of drug-likeness (QED) is 0.709. The normalized spacial score (nSPS) is 9.93. The first-order valence-corrected chi connectivity index (χ1v) is 4.40. The van der Waals surface area contributed by atoms with Gasteiger partial charge in [-0.3, -0.25) is 4.68 Å². The van der Waals surface area contributed by atoms with Crippen molar-refractivity contribution in [2.75, 3.05) is 0 Å². The van der Waals surface area contributed by atoms with Gasteiger partial charge in [0.05, 0.1) is 11.8 Å². The molecule has 0 unspecified atom stereocenters. The molecule has 0 bridgehead atoms. The van der Waals surface area contributed by atoms with Gasteiger partial charge < -0.3 is 0 Å². The summed E-state index contributed by atoms with van der Waals surface area (Å²) in [6.45, 7) is 0. The third-order valence-corrected chi connectivity index (χ3v) is 2.14. The highest BCUT2D eigenvalue weighted by atomic mass is 19.1. The first-order chi connectivity index (χ1) is 7.22. The van der Waals surface area contributed by atoms with Crippen molar-refractivity contribution in [2.45, 2.75) is 0 Å². The molecule has 0 aliphatic rings. The summed E-state index contributed by atoms with van der Waals surface area (Å²) in [4.78, 5) is 0. The van der Waals surface area contributed by atoms with Gasteiger partial charge >= 0.3 is 0 Å². The highest BCUT2D eigenvalue weighted by molar-refractivity contribution is 5.69. The topological polar surface area (TPSA) is 41.6 Å². The van der Waals surface area contributed by atoms with Crippen LogP contribution in [0.15, 0.2) is 30.6 Å². The van der Waals surface area contributed by atoms with Crippen molar-refractivity contribution in [3.63, 3.8) is 0 Å². The molecule has 15 heavy (non-hydrogen) atoms. The van der Waals surface area contributed by atoms with Gasteiger partial charge in [0.25, 0.3) is 0 Å². The van der Waals surface area contributed by atoms with Crippen molar-refractivity contribution in [3.05, 3.63) is 42.0 Å². The lowest BCUT2D eigenvalue weighted by Crippen LogP contribution is -1.88. The Labute approximate surface area is 86.4 Å². The van der Waals surface area contributed by atoms with E-state index in [-0.39, 0.29) is 5.56 Å². The lowest BCUT2D eigenvalue weighted by atomic mass is 10.0. The number of aryl methyl sites for hydroxylation is 1. The van der Waals surface area contributed by atoms with E-state index in [2.05, 4.69) is 5.10 Å². The summed E-state index contributed by atoms with van der Waals surface area (Å²) in [5.41, 5.74) is 1.38. The van der Waals surface area contributed by atoms with Gasteiger partial charge in [-0.05, 0) is 6.07 Å². The highest BCUT2D eigenvalue weighted by Crippen LogP contribution is 2.24. The highest BCUT2D eigenvalue weighted by Gasteiger charge is 2.10. The van der Waals surface area contributed by atoms with Crippen molar-refractivity contribution in [1.82, 2.24) is 9.78 Å². The van der Waals surface area contributed by atoms with Crippen molar-refractivity contribution in [3.8, 4) is 17.2 Å². The molecule has 2 rings (SSSR count). The largest absolute Gasteiger partial charge is 0.275 e. The average molecular weight is 201 g/mol. The summed E-state index contributed by atoms with van der Waals surface area (Å²) in [6.07, 6.45) is 3.35. The van der Waals surface area contributed by atoms with Crippen LogP contribution in [0.5, 0.6) is 0 Å². The zero-order valence-corrected chi connectivity index (χ0v) is 8.11. The fraction of sp³-hybridized carbons (Fsp3) is 0.0909. The number of aromatic nitrogens is 2. The van der Waals surface area contributed by atoms with Crippen LogP contribution in [0.25, 0.3) is 11.1 Å². The Morgan fingerprint density at radius 2 is 2.27 bits per heavy atom. The number of nitriles is 1. The number of hydrogen-bond donors (Lipinski definition) is 0. The van der Waals surface area contributed by atoms with E-state index in [1.807, 2.05) is 6.07 Å². The predicted octanol–water partition coefficient (Wildman–Crippen LogP) is 2.10. The van der Waals surface area contributed by atoms with Crippen LogP contribution in [0.4, 0.5) is 4.39 Å². The van der Waals surface area contributed by atoms with Crippen molar-refractivity contribution >= 4 is 0 Å². The van der Waals surface area contributed by atoms with E-state index in [1.165, 1.54) is 6.07 Å². The second kappa shape index (κ2) is 3.54. The zero-order chi connectivity index (χ0) is 10.8.